The van der Waals surface area contributed by atoms with Crippen molar-refractivity contribution in [2.75, 3.05) is 27.3 Å². The fraction of sp³-hybridized carbons (Fsp3) is 0.750. The second kappa shape index (κ2) is 7.73. The second-order valence-electron chi connectivity index (χ2n) is 4.50. The molecule has 0 aliphatic heterocycles. The van der Waals surface area contributed by atoms with E-state index >= 15 is 0 Å². The smallest absolute Gasteiger partial charge is 0.328 e. The van der Waals surface area contributed by atoms with Crippen molar-refractivity contribution < 1.29 is 23.9 Å². The summed E-state index contributed by atoms with van der Waals surface area (Å²) in [7, 11) is 2.42. The third-order valence-corrected chi connectivity index (χ3v) is 2.83. The van der Waals surface area contributed by atoms with Crippen LogP contribution >= 0.6 is 0 Å². The van der Waals surface area contributed by atoms with Gasteiger partial charge >= 0.3 is 11.9 Å². The van der Waals surface area contributed by atoms with Crippen LogP contribution in [-0.2, 0) is 23.9 Å². The van der Waals surface area contributed by atoms with Gasteiger partial charge in [-0.2, -0.15) is 0 Å². The minimum atomic E-state index is -1.01. The first kappa shape index (κ1) is 15.4. The zero-order valence-electron chi connectivity index (χ0n) is 11.2. The van der Waals surface area contributed by atoms with E-state index in [1.165, 1.54) is 27.1 Å². The summed E-state index contributed by atoms with van der Waals surface area (Å²) in [5.74, 6) is -0.929. The fourth-order valence-corrected chi connectivity index (χ4v) is 1.54. The SMILES string of the molecule is COC(=O)CC(NC(=O)CNCC1CC1)C(=O)OC. The van der Waals surface area contributed by atoms with Crippen LogP contribution in [0.3, 0.4) is 0 Å². The molecule has 0 saturated heterocycles. The zero-order chi connectivity index (χ0) is 14.3. The summed E-state index contributed by atoms with van der Waals surface area (Å²) < 4.78 is 8.99. The van der Waals surface area contributed by atoms with Crippen molar-refractivity contribution in [3.05, 3.63) is 0 Å². The van der Waals surface area contributed by atoms with Crippen molar-refractivity contribution >= 4 is 17.8 Å². The summed E-state index contributed by atoms with van der Waals surface area (Å²) in [5, 5.41) is 5.45. The van der Waals surface area contributed by atoms with E-state index < -0.39 is 18.0 Å². The molecule has 0 aromatic carbocycles. The van der Waals surface area contributed by atoms with Gasteiger partial charge in [0, 0.05) is 0 Å². The molecule has 1 aliphatic rings. The van der Waals surface area contributed by atoms with Gasteiger partial charge in [-0.1, -0.05) is 0 Å². The molecule has 2 N–H and O–H groups in total. The molecule has 0 aromatic rings. The maximum absolute atomic E-state index is 11.6. The minimum Gasteiger partial charge on any atom is -0.469 e. The van der Waals surface area contributed by atoms with Crippen LogP contribution in [0.25, 0.3) is 0 Å². The number of nitrogens with one attached hydrogen (secondary N) is 2. The number of esters is 2. The average molecular weight is 272 g/mol. The second-order valence-corrected chi connectivity index (χ2v) is 4.50. The summed E-state index contributed by atoms with van der Waals surface area (Å²) in [4.78, 5) is 34.2. The molecular formula is C12H20N2O5. The maximum atomic E-state index is 11.6. The van der Waals surface area contributed by atoms with E-state index in [9.17, 15) is 14.4 Å². The first-order valence-electron chi connectivity index (χ1n) is 6.21. The van der Waals surface area contributed by atoms with E-state index in [1.54, 1.807) is 0 Å². The standard InChI is InChI=1S/C12H20N2O5/c1-18-11(16)5-9(12(17)19-2)14-10(15)7-13-6-8-3-4-8/h8-9,13H,3-7H2,1-2H3,(H,14,15). The van der Waals surface area contributed by atoms with Gasteiger partial charge in [-0.15, -0.1) is 0 Å². The van der Waals surface area contributed by atoms with Crippen LogP contribution in [0.15, 0.2) is 0 Å². The highest BCUT2D eigenvalue weighted by Gasteiger charge is 2.25. The molecule has 1 aliphatic carbocycles. The number of ether oxygens (including phenoxy) is 2. The number of hydrogen-bond donors (Lipinski definition) is 2. The Morgan fingerprint density at radius 2 is 1.89 bits per heavy atom. The van der Waals surface area contributed by atoms with E-state index in [0.717, 1.165) is 6.54 Å². The first-order chi connectivity index (χ1) is 9.06. The quantitative estimate of drug-likeness (QED) is 0.562. The topological polar surface area (TPSA) is 93.7 Å². The predicted octanol–water partition coefficient (Wildman–Crippen LogP) is -0.793. The van der Waals surface area contributed by atoms with Crippen LogP contribution in [0.1, 0.15) is 19.3 Å². The zero-order valence-corrected chi connectivity index (χ0v) is 11.2. The van der Waals surface area contributed by atoms with Gasteiger partial charge < -0.3 is 20.1 Å². The number of carbonyl (C=O) groups is 3. The van der Waals surface area contributed by atoms with Gasteiger partial charge in [-0.3, -0.25) is 9.59 Å². The van der Waals surface area contributed by atoms with Crippen LogP contribution in [0.4, 0.5) is 0 Å². The lowest BCUT2D eigenvalue weighted by atomic mass is 10.2. The highest BCUT2D eigenvalue weighted by Crippen LogP contribution is 2.27. The summed E-state index contributed by atoms with van der Waals surface area (Å²) >= 11 is 0. The van der Waals surface area contributed by atoms with E-state index in [1.807, 2.05) is 0 Å². The Hall–Kier alpha value is -1.63. The number of hydrogen-bond acceptors (Lipinski definition) is 6. The van der Waals surface area contributed by atoms with Crippen molar-refractivity contribution in [3.8, 4) is 0 Å². The molecule has 1 saturated carbocycles. The third kappa shape index (κ3) is 6.19. The highest BCUT2D eigenvalue weighted by molar-refractivity contribution is 5.88. The number of amides is 1. The van der Waals surface area contributed by atoms with Crippen LogP contribution in [0, 0.1) is 5.92 Å². The summed E-state index contributed by atoms with van der Waals surface area (Å²) in [5.41, 5.74) is 0. The Kier molecular flexibility index (Phi) is 6.27. The number of rotatable bonds is 8. The van der Waals surface area contributed by atoms with Crippen molar-refractivity contribution in [1.29, 1.82) is 0 Å². The Labute approximate surface area is 112 Å². The lowest BCUT2D eigenvalue weighted by Crippen LogP contribution is -2.46. The van der Waals surface area contributed by atoms with Crippen LogP contribution in [-0.4, -0.2) is 51.2 Å². The number of carbonyl (C=O) groups excluding carboxylic acids is 3. The van der Waals surface area contributed by atoms with Gasteiger partial charge in [0.2, 0.25) is 5.91 Å². The molecular weight excluding hydrogens is 252 g/mol. The average Bonchev–Trinajstić information content (AvgIpc) is 3.20. The van der Waals surface area contributed by atoms with Crippen LogP contribution < -0.4 is 10.6 Å². The molecule has 1 amide bonds. The van der Waals surface area contributed by atoms with Crippen molar-refractivity contribution in [1.82, 2.24) is 10.6 Å². The Bertz CT molecular complexity index is 341. The van der Waals surface area contributed by atoms with Gasteiger partial charge in [-0.05, 0) is 25.3 Å². The summed E-state index contributed by atoms with van der Waals surface area (Å²) in [6.45, 7) is 0.915. The molecule has 0 spiro atoms. The van der Waals surface area contributed by atoms with Gasteiger partial charge in [0.25, 0.3) is 0 Å². The fourth-order valence-electron chi connectivity index (χ4n) is 1.54. The summed E-state index contributed by atoms with van der Waals surface area (Å²) in [6, 6.07) is -1.01. The first-order valence-corrected chi connectivity index (χ1v) is 6.21. The maximum Gasteiger partial charge on any atom is 0.328 e. The molecule has 0 bridgehead atoms. The van der Waals surface area contributed by atoms with Gasteiger partial charge in [0.1, 0.15) is 6.04 Å². The normalized spacial score (nSPS) is 15.5. The van der Waals surface area contributed by atoms with E-state index in [0.29, 0.717) is 5.92 Å². The third-order valence-electron chi connectivity index (χ3n) is 2.83. The lowest BCUT2D eigenvalue weighted by molar-refractivity contribution is -0.150. The molecule has 1 atom stereocenters. The molecule has 1 fully saturated rings. The minimum absolute atomic E-state index is 0.116. The Morgan fingerprint density at radius 1 is 1.21 bits per heavy atom. The van der Waals surface area contributed by atoms with Gasteiger partial charge in [-0.25, -0.2) is 4.79 Å². The van der Waals surface area contributed by atoms with Gasteiger partial charge in [0.15, 0.2) is 0 Å². The molecule has 1 rings (SSSR count). The van der Waals surface area contributed by atoms with Crippen LogP contribution in [0.5, 0.6) is 0 Å². The molecule has 7 nitrogen and oxygen atoms in total. The molecule has 108 valence electrons. The van der Waals surface area contributed by atoms with Crippen molar-refractivity contribution in [2.24, 2.45) is 5.92 Å². The molecule has 19 heavy (non-hydrogen) atoms. The van der Waals surface area contributed by atoms with Gasteiger partial charge in [0.05, 0.1) is 27.2 Å². The lowest BCUT2D eigenvalue weighted by Gasteiger charge is -2.15. The molecule has 0 heterocycles. The van der Waals surface area contributed by atoms with E-state index in [2.05, 4.69) is 20.1 Å². The summed E-state index contributed by atoms with van der Waals surface area (Å²) in [6.07, 6.45) is 2.15. The monoisotopic (exact) mass is 272 g/mol. The molecule has 1 unspecified atom stereocenters. The highest BCUT2D eigenvalue weighted by atomic mass is 16.5. The number of methoxy groups -OCH3 is 2. The largest absolute Gasteiger partial charge is 0.469 e. The van der Waals surface area contributed by atoms with E-state index in [4.69, 9.17) is 0 Å². The molecule has 7 heteroatoms. The predicted molar refractivity (Wildman–Crippen MR) is 66.2 cm³/mol. The molecule has 0 radical (unpaired) electrons. The van der Waals surface area contributed by atoms with Crippen molar-refractivity contribution in [2.45, 2.75) is 25.3 Å². The Morgan fingerprint density at radius 3 is 2.42 bits per heavy atom. The van der Waals surface area contributed by atoms with Crippen LogP contribution in [0.2, 0.25) is 0 Å². The molecule has 0 aromatic heterocycles. The van der Waals surface area contributed by atoms with Crippen molar-refractivity contribution in [3.63, 3.8) is 0 Å². The Balaban J connectivity index is 2.33. The van der Waals surface area contributed by atoms with E-state index in [-0.39, 0.29) is 18.9 Å².